The van der Waals surface area contributed by atoms with Gasteiger partial charge in [0.05, 0.1) is 12.1 Å². The first-order valence-electron chi connectivity index (χ1n) is 6.18. The average molecular weight is 245 g/mol. The van der Waals surface area contributed by atoms with E-state index in [2.05, 4.69) is 30.6 Å². The van der Waals surface area contributed by atoms with Crippen LogP contribution in [0.15, 0.2) is 30.3 Å². The summed E-state index contributed by atoms with van der Waals surface area (Å²) in [6.45, 7) is 7.02. The number of ether oxygens (including phenoxy) is 1. The highest BCUT2D eigenvalue weighted by Gasteiger charge is 2.03. The minimum atomic E-state index is -0.326. The van der Waals surface area contributed by atoms with E-state index in [0.29, 0.717) is 5.56 Å². The molecule has 1 aromatic carbocycles. The first kappa shape index (κ1) is 14.3. The zero-order valence-corrected chi connectivity index (χ0v) is 11.0. The van der Waals surface area contributed by atoms with Gasteiger partial charge in [-0.05, 0) is 25.2 Å². The van der Waals surface area contributed by atoms with Crippen molar-refractivity contribution in [2.75, 3.05) is 26.2 Å². The lowest BCUT2D eigenvalue weighted by atomic mass is 10.2. The molecule has 0 radical (unpaired) electrons. The van der Waals surface area contributed by atoms with Gasteiger partial charge in [0.2, 0.25) is 0 Å². The fourth-order valence-corrected chi connectivity index (χ4v) is 1.43. The van der Waals surface area contributed by atoms with Gasteiger partial charge in [-0.1, -0.05) is 43.9 Å². The van der Waals surface area contributed by atoms with E-state index in [0.717, 1.165) is 19.6 Å². The van der Waals surface area contributed by atoms with Crippen molar-refractivity contribution in [2.24, 2.45) is 0 Å². The number of hydrogen-bond donors (Lipinski definition) is 0. The molecule has 0 aliphatic rings. The average Bonchev–Trinajstić information content (AvgIpc) is 2.43. The standard InChI is InChI=1S/C15H19NO2/c1-3-16(4-2)12-8-9-13-18-15(17)14-10-6-5-7-11-14/h5-7,10-11H,3-4,12-13H2,1-2H3. The molecule has 0 amide bonds. The highest BCUT2D eigenvalue weighted by molar-refractivity contribution is 5.89. The molecule has 1 rings (SSSR count). The number of carbonyl (C=O) groups is 1. The molecule has 96 valence electrons. The normalized spacial score (nSPS) is 9.72. The molecule has 3 heteroatoms. The molecular formula is C15H19NO2. The third-order valence-corrected chi connectivity index (χ3v) is 2.61. The molecule has 3 nitrogen and oxygen atoms in total. The van der Waals surface area contributed by atoms with Crippen molar-refractivity contribution in [1.29, 1.82) is 0 Å². The van der Waals surface area contributed by atoms with E-state index in [4.69, 9.17) is 4.74 Å². The molecule has 0 heterocycles. The Hall–Kier alpha value is -1.79. The van der Waals surface area contributed by atoms with Crippen LogP contribution in [0.2, 0.25) is 0 Å². The highest BCUT2D eigenvalue weighted by atomic mass is 16.5. The van der Waals surface area contributed by atoms with Crippen LogP contribution in [0, 0.1) is 11.8 Å². The van der Waals surface area contributed by atoms with Crippen LogP contribution in [0.25, 0.3) is 0 Å². The van der Waals surface area contributed by atoms with Crippen molar-refractivity contribution in [3.05, 3.63) is 35.9 Å². The predicted molar refractivity (Wildman–Crippen MR) is 72.3 cm³/mol. The van der Waals surface area contributed by atoms with Crippen molar-refractivity contribution >= 4 is 5.97 Å². The summed E-state index contributed by atoms with van der Waals surface area (Å²) < 4.78 is 5.05. The molecule has 0 unspecified atom stereocenters. The molecular weight excluding hydrogens is 226 g/mol. The van der Waals surface area contributed by atoms with Crippen LogP contribution in [-0.4, -0.2) is 37.1 Å². The summed E-state index contributed by atoms with van der Waals surface area (Å²) in [5.41, 5.74) is 0.558. The van der Waals surface area contributed by atoms with Crippen molar-refractivity contribution in [2.45, 2.75) is 13.8 Å². The highest BCUT2D eigenvalue weighted by Crippen LogP contribution is 2.00. The van der Waals surface area contributed by atoms with Gasteiger partial charge in [-0.2, -0.15) is 0 Å². The maximum absolute atomic E-state index is 11.6. The van der Waals surface area contributed by atoms with E-state index in [9.17, 15) is 4.79 Å². The Morgan fingerprint density at radius 3 is 2.44 bits per heavy atom. The number of nitrogens with zero attached hydrogens (tertiary/aromatic N) is 1. The first-order valence-corrected chi connectivity index (χ1v) is 6.18. The van der Waals surface area contributed by atoms with Gasteiger partial charge >= 0.3 is 5.97 Å². The van der Waals surface area contributed by atoms with Crippen molar-refractivity contribution < 1.29 is 9.53 Å². The molecule has 0 N–H and O–H groups in total. The van der Waals surface area contributed by atoms with Crippen LogP contribution >= 0.6 is 0 Å². The molecule has 0 fully saturated rings. The first-order chi connectivity index (χ1) is 8.77. The Kier molecular flexibility index (Phi) is 6.60. The van der Waals surface area contributed by atoms with Gasteiger partial charge < -0.3 is 4.74 Å². The van der Waals surface area contributed by atoms with E-state index in [-0.39, 0.29) is 12.6 Å². The topological polar surface area (TPSA) is 29.5 Å². The van der Waals surface area contributed by atoms with Crippen LogP contribution < -0.4 is 0 Å². The summed E-state index contributed by atoms with van der Waals surface area (Å²) in [5, 5.41) is 0. The van der Waals surface area contributed by atoms with Gasteiger partial charge in [0.15, 0.2) is 6.61 Å². The van der Waals surface area contributed by atoms with Gasteiger partial charge in [0, 0.05) is 0 Å². The number of rotatable bonds is 5. The lowest BCUT2D eigenvalue weighted by molar-refractivity contribution is 0.0556. The number of carbonyl (C=O) groups excluding carboxylic acids is 1. The van der Waals surface area contributed by atoms with Crippen LogP contribution in [0.4, 0.5) is 0 Å². The van der Waals surface area contributed by atoms with Gasteiger partial charge in [0.25, 0.3) is 0 Å². The lowest BCUT2D eigenvalue weighted by Crippen LogP contribution is -2.22. The summed E-state index contributed by atoms with van der Waals surface area (Å²) in [6, 6.07) is 8.93. The Bertz CT molecular complexity index is 413. The second kappa shape index (κ2) is 8.32. The van der Waals surface area contributed by atoms with E-state index >= 15 is 0 Å². The Morgan fingerprint density at radius 2 is 1.83 bits per heavy atom. The maximum atomic E-state index is 11.6. The van der Waals surface area contributed by atoms with Crippen LogP contribution in [0.3, 0.4) is 0 Å². The molecule has 0 spiro atoms. The molecule has 0 saturated heterocycles. The van der Waals surface area contributed by atoms with Gasteiger partial charge in [-0.25, -0.2) is 4.79 Å². The fourth-order valence-electron chi connectivity index (χ4n) is 1.43. The molecule has 0 atom stereocenters. The smallest absolute Gasteiger partial charge is 0.339 e. The molecule has 18 heavy (non-hydrogen) atoms. The van der Waals surface area contributed by atoms with E-state index in [1.165, 1.54) is 0 Å². The van der Waals surface area contributed by atoms with Gasteiger partial charge in [-0.3, -0.25) is 4.90 Å². The Labute approximate surface area is 109 Å². The third-order valence-electron chi connectivity index (χ3n) is 2.61. The van der Waals surface area contributed by atoms with Crippen molar-refractivity contribution in [3.63, 3.8) is 0 Å². The summed E-state index contributed by atoms with van der Waals surface area (Å²) in [4.78, 5) is 13.8. The maximum Gasteiger partial charge on any atom is 0.339 e. The van der Waals surface area contributed by atoms with Crippen molar-refractivity contribution in [3.8, 4) is 11.8 Å². The van der Waals surface area contributed by atoms with Crippen LogP contribution in [-0.2, 0) is 4.74 Å². The zero-order chi connectivity index (χ0) is 13.2. The predicted octanol–water partition coefficient (Wildman–Crippen LogP) is 2.19. The molecule has 0 aliphatic heterocycles. The van der Waals surface area contributed by atoms with Crippen LogP contribution in [0.1, 0.15) is 24.2 Å². The minimum Gasteiger partial charge on any atom is -0.449 e. The lowest BCUT2D eigenvalue weighted by Gasteiger charge is -2.13. The molecule has 0 saturated carbocycles. The zero-order valence-electron chi connectivity index (χ0n) is 11.0. The van der Waals surface area contributed by atoms with Crippen molar-refractivity contribution in [1.82, 2.24) is 4.90 Å². The largest absolute Gasteiger partial charge is 0.449 e. The molecule has 0 bridgehead atoms. The number of esters is 1. The molecule has 0 aliphatic carbocycles. The second-order valence-corrected chi connectivity index (χ2v) is 3.76. The second-order valence-electron chi connectivity index (χ2n) is 3.76. The summed E-state index contributed by atoms with van der Waals surface area (Å²) >= 11 is 0. The van der Waals surface area contributed by atoms with Crippen LogP contribution in [0.5, 0.6) is 0 Å². The summed E-state index contributed by atoms with van der Waals surface area (Å²) in [5.74, 6) is 5.52. The SMILES string of the molecule is CCN(CC)CC#CCOC(=O)c1ccccc1. The van der Waals surface area contributed by atoms with Gasteiger partial charge in [0.1, 0.15) is 0 Å². The Morgan fingerprint density at radius 1 is 1.17 bits per heavy atom. The quantitative estimate of drug-likeness (QED) is 0.588. The number of benzene rings is 1. The fraction of sp³-hybridized carbons (Fsp3) is 0.400. The van der Waals surface area contributed by atoms with E-state index in [1.807, 2.05) is 18.2 Å². The summed E-state index contributed by atoms with van der Waals surface area (Å²) in [6.07, 6.45) is 0. The summed E-state index contributed by atoms with van der Waals surface area (Å²) in [7, 11) is 0. The third kappa shape index (κ3) is 5.03. The van der Waals surface area contributed by atoms with E-state index < -0.39 is 0 Å². The minimum absolute atomic E-state index is 0.148. The molecule has 1 aromatic rings. The monoisotopic (exact) mass is 245 g/mol. The Balaban J connectivity index is 2.30. The van der Waals surface area contributed by atoms with E-state index in [1.54, 1.807) is 12.1 Å². The number of hydrogen-bond acceptors (Lipinski definition) is 3. The molecule has 0 aromatic heterocycles. The van der Waals surface area contributed by atoms with Gasteiger partial charge in [-0.15, -0.1) is 0 Å².